The Labute approximate surface area is 165 Å². The Hall–Kier alpha value is -3.02. The van der Waals surface area contributed by atoms with Crippen LogP contribution in [0.2, 0.25) is 0 Å². The van der Waals surface area contributed by atoms with E-state index in [2.05, 4.69) is 0 Å². The molecule has 0 fully saturated rings. The summed E-state index contributed by atoms with van der Waals surface area (Å²) in [6.07, 6.45) is -0.494. The first kappa shape index (κ1) is 19.7. The number of nitrogens with zero attached hydrogens (tertiary/aromatic N) is 1. The van der Waals surface area contributed by atoms with Crippen LogP contribution in [0.25, 0.3) is 0 Å². The lowest BCUT2D eigenvalue weighted by Gasteiger charge is -2.35. The average molecular weight is 383 g/mol. The molecule has 1 heterocycles. The number of rotatable bonds is 7. The van der Waals surface area contributed by atoms with E-state index < -0.39 is 12.1 Å². The molecule has 148 valence electrons. The number of carbonyl (C=O) groups is 2. The highest BCUT2D eigenvalue weighted by molar-refractivity contribution is 5.78. The van der Waals surface area contributed by atoms with Crippen LogP contribution in [0.3, 0.4) is 0 Å². The first-order chi connectivity index (χ1) is 13.6. The minimum Gasteiger partial charge on any atom is -0.475 e. The molecule has 28 heavy (non-hydrogen) atoms. The van der Waals surface area contributed by atoms with Crippen molar-refractivity contribution in [2.45, 2.75) is 33.0 Å². The average Bonchev–Trinajstić information content (AvgIpc) is 2.71. The zero-order chi connectivity index (χ0) is 19.9. The molecule has 0 radical (unpaired) electrons. The summed E-state index contributed by atoms with van der Waals surface area (Å²) in [6.45, 7) is 5.07. The van der Waals surface area contributed by atoms with Gasteiger partial charge in [0.2, 0.25) is 6.10 Å². The molecule has 0 saturated heterocycles. The third kappa shape index (κ3) is 5.03. The van der Waals surface area contributed by atoms with E-state index >= 15 is 0 Å². The maximum atomic E-state index is 12.2. The SMILES string of the molecule is CCOC(=O)C1CN(CCC(=O)OCc2ccccc2)c2cc(C)ccc2O1. The van der Waals surface area contributed by atoms with E-state index in [0.29, 0.717) is 25.4 Å². The van der Waals surface area contributed by atoms with Crippen molar-refractivity contribution in [3.63, 3.8) is 0 Å². The van der Waals surface area contributed by atoms with Crippen LogP contribution >= 0.6 is 0 Å². The molecular weight excluding hydrogens is 358 g/mol. The smallest absolute Gasteiger partial charge is 0.349 e. The molecule has 3 rings (SSSR count). The Balaban J connectivity index is 1.63. The van der Waals surface area contributed by atoms with E-state index in [4.69, 9.17) is 14.2 Å². The Morgan fingerprint density at radius 3 is 2.68 bits per heavy atom. The van der Waals surface area contributed by atoms with Gasteiger partial charge in [0.15, 0.2) is 0 Å². The highest BCUT2D eigenvalue weighted by Crippen LogP contribution is 2.34. The Kier molecular flexibility index (Phi) is 6.53. The summed E-state index contributed by atoms with van der Waals surface area (Å²) < 4.78 is 16.3. The van der Waals surface area contributed by atoms with Gasteiger partial charge in [-0.1, -0.05) is 36.4 Å². The van der Waals surface area contributed by atoms with Gasteiger partial charge >= 0.3 is 11.9 Å². The predicted molar refractivity (Wildman–Crippen MR) is 105 cm³/mol. The number of hydrogen-bond donors (Lipinski definition) is 0. The van der Waals surface area contributed by atoms with E-state index in [1.807, 2.05) is 60.4 Å². The summed E-state index contributed by atoms with van der Waals surface area (Å²) in [7, 11) is 0. The maximum absolute atomic E-state index is 12.2. The lowest BCUT2D eigenvalue weighted by molar-refractivity contribution is -0.151. The van der Waals surface area contributed by atoms with Crippen molar-refractivity contribution in [3.05, 3.63) is 59.7 Å². The summed E-state index contributed by atoms with van der Waals surface area (Å²) in [5.41, 5.74) is 2.90. The molecular formula is C22H25NO5. The lowest BCUT2D eigenvalue weighted by atomic mass is 10.1. The van der Waals surface area contributed by atoms with Gasteiger partial charge in [0.1, 0.15) is 12.4 Å². The molecule has 1 aliphatic rings. The van der Waals surface area contributed by atoms with Crippen LogP contribution < -0.4 is 9.64 Å². The van der Waals surface area contributed by atoms with E-state index in [1.165, 1.54) is 0 Å². The normalized spacial score (nSPS) is 15.4. The van der Waals surface area contributed by atoms with Gasteiger partial charge in [-0.05, 0) is 37.1 Å². The van der Waals surface area contributed by atoms with Gasteiger partial charge in [0.25, 0.3) is 0 Å². The first-order valence-electron chi connectivity index (χ1n) is 9.45. The van der Waals surface area contributed by atoms with Crippen LogP contribution in [0.4, 0.5) is 5.69 Å². The van der Waals surface area contributed by atoms with E-state index in [1.54, 1.807) is 6.92 Å². The molecule has 0 spiro atoms. The number of esters is 2. The second kappa shape index (κ2) is 9.26. The van der Waals surface area contributed by atoms with Crippen molar-refractivity contribution in [2.75, 3.05) is 24.6 Å². The molecule has 0 amide bonds. The number of fused-ring (bicyclic) bond motifs is 1. The van der Waals surface area contributed by atoms with Crippen LogP contribution in [0, 0.1) is 6.92 Å². The zero-order valence-corrected chi connectivity index (χ0v) is 16.2. The van der Waals surface area contributed by atoms with Gasteiger partial charge in [-0.15, -0.1) is 0 Å². The zero-order valence-electron chi connectivity index (χ0n) is 16.2. The number of ether oxygens (including phenoxy) is 3. The topological polar surface area (TPSA) is 65.1 Å². The molecule has 1 atom stereocenters. The van der Waals surface area contributed by atoms with Crippen molar-refractivity contribution in [2.24, 2.45) is 0 Å². The van der Waals surface area contributed by atoms with Gasteiger partial charge in [0.05, 0.1) is 25.3 Å². The van der Waals surface area contributed by atoms with E-state index in [0.717, 1.165) is 16.8 Å². The Bertz CT molecular complexity index is 821. The monoisotopic (exact) mass is 383 g/mol. The molecule has 2 aromatic rings. The summed E-state index contributed by atoms with van der Waals surface area (Å²) in [6, 6.07) is 15.3. The quantitative estimate of drug-likeness (QED) is 0.684. The number of benzene rings is 2. The fourth-order valence-electron chi connectivity index (χ4n) is 3.07. The number of carbonyl (C=O) groups excluding carboxylic acids is 2. The molecule has 2 aromatic carbocycles. The van der Waals surface area contributed by atoms with Gasteiger partial charge < -0.3 is 19.1 Å². The van der Waals surface area contributed by atoms with Gasteiger partial charge in [-0.25, -0.2) is 4.79 Å². The van der Waals surface area contributed by atoms with Crippen LogP contribution in [-0.4, -0.2) is 37.7 Å². The minimum absolute atomic E-state index is 0.218. The number of hydrogen-bond acceptors (Lipinski definition) is 6. The van der Waals surface area contributed by atoms with Gasteiger partial charge in [-0.2, -0.15) is 0 Å². The largest absolute Gasteiger partial charge is 0.475 e. The summed E-state index contributed by atoms with van der Waals surface area (Å²) >= 11 is 0. The second-order valence-electron chi connectivity index (χ2n) is 6.67. The van der Waals surface area contributed by atoms with Crippen LogP contribution in [-0.2, 0) is 25.7 Å². The predicted octanol–water partition coefficient (Wildman–Crippen LogP) is 3.26. The maximum Gasteiger partial charge on any atom is 0.349 e. The molecule has 0 aliphatic carbocycles. The lowest BCUT2D eigenvalue weighted by Crippen LogP contribution is -2.46. The van der Waals surface area contributed by atoms with Crippen LogP contribution in [0.15, 0.2) is 48.5 Å². The second-order valence-corrected chi connectivity index (χ2v) is 6.67. The van der Waals surface area contributed by atoms with Crippen molar-refractivity contribution >= 4 is 17.6 Å². The minimum atomic E-state index is -0.713. The summed E-state index contributed by atoms with van der Waals surface area (Å²) in [4.78, 5) is 26.3. The van der Waals surface area contributed by atoms with Gasteiger partial charge in [-0.3, -0.25) is 4.79 Å². The molecule has 1 unspecified atom stereocenters. The molecule has 0 aromatic heterocycles. The summed E-state index contributed by atoms with van der Waals surface area (Å²) in [5, 5.41) is 0. The Morgan fingerprint density at radius 2 is 1.93 bits per heavy atom. The summed E-state index contributed by atoms with van der Waals surface area (Å²) in [5.74, 6) is -0.0600. The molecule has 6 nitrogen and oxygen atoms in total. The van der Waals surface area contributed by atoms with Crippen LogP contribution in [0.1, 0.15) is 24.5 Å². The molecule has 0 N–H and O–H groups in total. The number of aryl methyl sites for hydroxylation is 1. The third-order valence-corrected chi connectivity index (χ3v) is 4.49. The fraction of sp³-hybridized carbons (Fsp3) is 0.364. The Morgan fingerprint density at radius 1 is 1.14 bits per heavy atom. The van der Waals surface area contributed by atoms with Crippen molar-refractivity contribution in [1.29, 1.82) is 0 Å². The molecule has 1 aliphatic heterocycles. The third-order valence-electron chi connectivity index (χ3n) is 4.49. The van der Waals surface area contributed by atoms with Crippen molar-refractivity contribution in [3.8, 4) is 5.75 Å². The molecule has 6 heteroatoms. The first-order valence-corrected chi connectivity index (χ1v) is 9.45. The molecule has 0 bridgehead atoms. The van der Waals surface area contributed by atoms with Crippen molar-refractivity contribution < 1.29 is 23.8 Å². The highest BCUT2D eigenvalue weighted by Gasteiger charge is 2.32. The highest BCUT2D eigenvalue weighted by atomic mass is 16.6. The van der Waals surface area contributed by atoms with Crippen molar-refractivity contribution in [1.82, 2.24) is 0 Å². The number of anilines is 1. The fourth-order valence-corrected chi connectivity index (χ4v) is 3.07. The molecule has 0 saturated carbocycles. The van der Waals surface area contributed by atoms with Gasteiger partial charge in [0, 0.05) is 6.54 Å². The van der Waals surface area contributed by atoms with Crippen LogP contribution in [0.5, 0.6) is 5.75 Å². The standard InChI is InChI=1S/C22H25NO5/c1-3-26-22(25)20-14-23(18-13-16(2)9-10-19(18)28-20)12-11-21(24)27-15-17-7-5-4-6-8-17/h4-10,13,20H,3,11-12,14-15H2,1-2H3. The van der Waals surface area contributed by atoms with E-state index in [9.17, 15) is 9.59 Å². The van der Waals surface area contributed by atoms with E-state index in [-0.39, 0.29) is 19.0 Å².